The normalized spacial score (nSPS) is 33.1. The van der Waals surface area contributed by atoms with Gasteiger partial charge in [0.15, 0.2) is 0 Å². The van der Waals surface area contributed by atoms with Gasteiger partial charge in [0.05, 0.1) is 24.2 Å². The molecule has 0 aromatic carbocycles. The number of rotatable bonds is 4. The summed E-state index contributed by atoms with van der Waals surface area (Å²) in [5.41, 5.74) is 0. The molecule has 0 aliphatic heterocycles. The van der Waals surface area contributed by atoms with Crippen molar-refractivity contribution >= 4 is 11.9 Å². The Kier molecular flexibility index (Phi) is 3.00. The van der Waals surface area contributed by atoms with Crippen LogP contribution in [-0.2, 0) is 9.59 Å². The largest absolute Gasteiger partial charge is 0.481 e. The van der Waals surface area contributed by atoms with E-state index < -0.39 is 11.9 Å². The van der Waals surface area contributed by atoms with Gasteiger partial charge in [-0.2, -0.15) is 0 Å². The van der Waals surface area contributed by atoms with Gasteiger partial charge in [-0.1, -0.05) is 0 Å². The Labute approximate surface area is 110 Å². The van der Waals surface area contributed by atoms with E-state index in [0.717, 1.165) is 19.3 Å². The summed E-state index contributed by atoms with van der Waals surface area (Å²) in [6.45, 7) is 0. The maximum Gasteiger partial charge on any atom is 0.307 e. The van der Waals surface area contributed by atoms with Crippen LogP contribution in [0.15, 0.2) is 18.7 Å². The summed E-state index contributed by atoms with van der Waals surface area (Å²) in [4.78, 5) is 26.8. The molecule has 3 rings (SSSR count). The number of imidazole rings is 1. The van der Waals surface area contributed by atoms with Crippen molar-refractivity contribution in [2.24, 2.45) is 11.8 Å². The SMILES string of the molecule is O=C(O)[C@H]1C[C@H]1C(=O)NC1CCCC1n1ccnc1. The number of aliphatic carboxylic acids is 1. The first kappa shape index (κ1) is 12.2. The fourth-order valence-electron chi connectivity index (χ4n) is 2.98. The van der Waals surface area contributed by atoms with Gasteiger partial charge in [-0.05, 0) is 25.7 Å². The van der Waals surface area contributed by atoms with Gasteiger partial charge in [0.25, 0.3) is 0 Å². The zero-order valence-electron chi connectivity index (χ0n) is 10.5. The fourth-order valence-corrected chi connectivity index (χ4v) is 2.98. The summed E-state index contributed by atoms with van der Waals surface area (Å²) in [6.07, 6.45) is 8.93. The van der Waals surface area contributed by atoms with Gasteiger partial charge in [0.2, 0.25) is 5.91 Å². The van der Waals surface area contributed by atoms with Crippen LogP contribution in [0, 0.1) is 11.8 Å². The molecule has 1 amide bonds. The van der Waals surface area contributed by atoms with Crippen LogP contribution in [0.1, 0.15) is 31.7 Å². The van der Waals surface area contributed by atoms with Crippen LogP contribution in [0.3, 0.4) is 0 Å². The number of carboxylic acid groups (broad SMARTS) is 1. The number of hydrogen-bond acceptors (Lipinski definition) is 3. The van der Waals surface area contributed by atoms with Crippen molar-refractivity contribution in [1.82, 2.24) is 14.9 Å². The van der Waals surface area contributed by atoms with E-state index in [2.05, 4.69) is 10.3 Å². The molecule has 2 saturated carbocycles. The molecule has 6 heteroatoms. The Morgan fingerprint density at radius 2 is 2.16 bits per heavy atom. The van der Waals surface area contributed by atoms with E-state index in [0.29, 0.717) is 6.42 Å². The Balaban J connectivity index is 1.60. The van der Waals surface area contributed by atoms with Crippen LogP contribution in [0.2, 0.25) is 0 Å². The lowest BCUT2D eigenvalue weighted by molar-refractivity contribution is -0.140. The predicted molar refractivity (Wildman–Crippen MR) is 66.3 cm³/mol. The van der Waals surface area contributed by atoms with E-state index in [1.54, 1.807) is 12.5 Å². The van der Waals surface area contributed by atoms with Crippen molar-refractivity contribution in [1.29, 1.82) is 0 Å². The first-order chi connectivity index (χ1) is 9.16. The average Bonchev–Trinajstić information content (AvgIpc) is 2.79. The van der Waals surface area contributed by atoms with E-state index >= 15 is 0 Å². The lowest BCUT2D eigenvalue weighted by Gasteiger charge is -2.22. The third kappa shape index (κ3) is 2.34. The van der Waals surface area contributed by atoms with E-state index in [9.17, 15) is 9.59 Å². The lowest BCUT2D eigenvalue weighted by atomic mass is 10.1. The van der Waals surface area contributed by atoms with Gasteiger partial charge in [0, 0.05) is 18.4 Å². The summed E-state index contributed by atoms with van der Waals surface area (Å²) in [7, 11) is 0. The second kappa shape index (κ2) is 4.68. The molecular weight excluding hydrogens is 246 g/mol. The molecule has 2 N–H and O–H groups in total. The van der Waals surface area contributed by atoms with Crippen molar-refractivity contribution < 1.29 is 14.7 Å². The number of hydrogen-bond donors (Lipinski definition) is 2. The first-order valence-electron chi connectivity index (χ1n) is 6.67. The Bertz CT molecular complexity index is 485. The molecule has 0 saturated heterocycles. The molecule has 6 nitrogen and oxygen atoms in total. The van der Waals surface area contributed by atoms with E-state index in [4.69, 9.17) is 5.11 Å². The van der Waals surface area contributed by atoms with Crippen molar-refractivity contribution in [3.8, 4) is 0 Å². The topological polar surface area (TPSA) is 84.2 Å². The first-order valence-corrected chi connectivity index (χ1v) is 6.67. The van der Waals surface area contributed by atoms with Crippen LogP contribution in [-0.4, -0.2) is 32.6 Å². The molecule has 2 fully saturated rings. The zero-order valence-corrected chi connectivity index (χ0v) is 10.5. The van der Waals surface area contributed by atoms with Gasteiger partial charge in [-0.25, -0.2) is 4.98 Å². The molecule has 1 heterocycles. The Hall–Kier alpha value is -1.85. The van der Waals surface area contributed by atoms with Crippen LogP contribution in [0.4, 0.5) is 0 Å². The highest BCUT2D eigenvalue weighted by molar-refractivity contribution is 5.89. The van der Waals surface area contributed by atoms with Crippen LogP contribution in [0.25, 0.3) is 0 Å². The molecule has 0 spiro atoms. The predicted octanol–water partition coefficient (Wildman–Crippen LogP) is 0.814. The van der Waals surface area contributed by atoms with Gasteiger partial charge < -0.3 is 15.0 Å². The molecule has 2 aliphatic carbocycles. The zero-order chi connectivity index (χ0) is 13.4. The molecule has 2 aliphatic rings. The quantitative estimate of drug-likeness (QED) is 0.842. The van der Waals surface area contributed by atoms with Crippen LogP contribution < -0.4 is 5.32 Å². The third-order valence-corrected chi connectivity index (χ3v) is 4.16. The van der Waals surface area contributed by atoms with Gasteiger partial charge in [-0.3, -0.25) is 9.59 Å². The Morgan fingerprint density at radius 3 is 2.79 bits per heavy atom. The van der Waals surface area contributed by atoms with Gasteiger partial charge in [0.1, 0.15) is 0 Å². The Morgan fingerprint density at radius 1 is 1.32 bits per heavy atom. The summed E-state index contributed by atoms with van der Waals surface area (Å²) in [5, 5.41) is 11.9. The summed E-state index contributed by atoms with van der Waals surface area (Å²) < 4.78 is 2.03. The molecule has 2 unspecified atom stereocenters. The third-order valence-electron chi connectivity index (χ3n) is 4.16. The van der Waals surface area contributed by atoms with Crippen molar-refractivity contribution in [2.75, 3.05) is 0 Å². The second-order valence-corrected chi connectivity index (χ2v) is 5.41. The summed E-state index contributed by atoms with van der Waals surface area (Å²) in [5.74, 6) is -1.78. The molecule has 0 bridgehead atoms. The maximum absolute atomic E-state index is 12.0. The fraction of sp³-hybridized carbons (Fsp3) is 0.615. The highest BCUT2D eigenvalue weighted by Gasteiger charge is 2.49. The number of carbonyl (C=O) groups excluding carboxylic acids is 1. The number of carboxylic acids is 1. The number of nitrogens with one attached hydrogen (secondary N) is 1. The minimum absolute atomic E-state index is 0.0942. The summed E-state index contributed by atoms with van der Waals surface area (Å²) >= 11 is 0. The van der Waals surface area contributed by atoms with Crippen LogP contribution in [0.5, 0.6) is 0 Å². The highest BCUT2D eigenvalue weighted by Crippen LogP contribution is 2.39. The lowest BCUT2D eigenvalue weighted by Crippen LogP contribution is -2.39. The number of carbonyl (C=O) groups is 2. The monoisotopic (exact) mass is 263 g/mol. The molecule has 4 atom stereocenters. The molecule has 0 radical (unpaired) electrons. The molecule has 19 heavy (non-hydrogen) atoms. The standard InChI is InChI=1S/C13H17N3O3/c17-12(8-6-9(8)13(18)19)15-10-2-1-3-11(10)16-5-4-14-7-16/h4-5,7-11H,1-3,6H2,(H,15,17)(H,18,19)/t8-,9+,10?,11?/m1/s1. The molecular formula is C13H17N3O3. The maximum atomic E-state index is 12.0. The van der Waals surface area contributed by atoms with Crippen molar-refractivity contribution in [2.45, 2.75) is 37.8 Å². The van der Waals surface area contributed by atoms with Gasteiger partial charge in [-0.15, -0.1) is 0 Å². The smallest absolute Gasteiger partial charge is 0.307 e. The molecule has 1 aromatic heterocycles. The minimum atomic E-state index is -0.863. The van der Waals surface area contributed by atoms with E-state index in [-0.39, 0.29) is 23.9 Å². The highest BCUT2D eigenvalue weighted by atomic mass is 16.4. The van der Waals surface area contributed by atoms with Crippen molar-refractivity contribution in [3.63, 3.8) is 0 Å². The molecule has 102 valence electrons. The van der Waals surface area contributed by atoms with Crippen LogP contribution >= 0.6 is 0 Å². The molecule has 1 aromatic rings. The second-order valence-electron chi connectivity index (χ2n) is 5.41. The summed E-state index contributed by atoms with van der Waals surface area (Å²) in [6, 6.07) is 0.338. The number of nitrogens with zero attached hydrogens (tertiary/aromatic N) is 2. The van der Waals surface area contributed by atoms with Gasteiger partial charge >= 0.3 is 5.97 Å². The van der Waals surface area contributed by atoms with E-state index in [1.807, 2.05) is 10.8 Å². The average molecular weight is 263 g/mol. The van der Waals surface area contributed by atoms with E-state index in [1.165, 1.54) is 0 Å². The van der Waals surface area contributed by atoms with Crippen molar-refractivity contribution in [3.05, 3.63) is 18.7 Å². The number of aromatic nitrogens is 2. The minimum Gasteiger partial charge on any atom is -0.481 e. The number of amides is 1.